The predicted molar refractivity (Wildman–Crippen MR) is 49.4 cm³/mol. The molecule has 0 amide bonds. The number of aromatic nitrogens is 2. The molecule has 0 unspecified atom stereocenters. The van der Waals surface area contributed by atoms with Gasteiger partial charge in [-0.15, -0.1) is 0 Å². The van der Waals surface area contributed by atoms with Crippen molar-refractivity contribution in [3.05, 3.63) is 29.3 Å². The van der Waals surface area contributed by atoms with E-state index in [1.54, 1.807) is 19.6 Å². The van der Waals surface area contributed by atoms with E-state index < -0.39 is 0 Å². The van der Waals surface area contributed by atoms with Crippen molar-refractivity contribution in [1.29, 1.82) is 0 Å². The summed E-state index contributed by atoms with van der Waals surface area (Å²) in [6, 6.07) is 1.92. The van der Waals surface area contributed by atoms with Crippen molar-refractivity contribution in [2.24, 2.45) is 0 Å². The van der Waals surface area contributed by atoms with Gasteiger partial charge in [0.2, 0.25) is 0 Å². The molecule has 0 saturated carbocycles. The van der Waals surface area contributed by atoms with E-state index in [0.717, 1.165) is 15.7 Å². The first-order chi connectivity index (χ1) is 5.83. The molecule has 0 saturated heterocycles. The number of hydrogen-bond acceptors (Lipinski definition) is 2. The zero-order valence-electron chi connectivity index (χ0n) is 6.49. The monoisotopic (exact) mass is 226 g/mol. The summed E-state index contributed by atoms with van der Waals surface area (Å²) in [5, 5.41) is 0. The number of methoxy groups -OCH3 is 1. The van der Waals surface area contributed by atoms with Crippen LogP contribution in [0.2, 0.25) is 0 Å². The van der Waals surface area contributed by atoms with Crippen LogP contribution in [0.15, 0.2) is 29.3 Å². The van der Waals surface area contributed by atoms with Gasteiger partial charge in [-0.1, -0.05) is 0 Å². The molecule has 0 aromatic carbocycles. The van der Waals surface area contributed by atoms with E-state index in [4.69, 9.17) is 4.74 Å². The molecule has 12 heavy (non-hydrogen) atoms. The van der Waals surface area contributed by atoms with Gasteiger partial charge >= 0.3 is 0 Å². The fraction of sp³-hybridized carbons (Fsp3) is 0.125. The lowest BCUT2D eigenvalue weighted by atomic mass is 10.4. The normalized spacial score (nSPS) is 10.5. The molecular formula is C8H7BrN2O. The summed E-state index contributed by atoms with van der Waals surface area (Å²) in [4.78, 5) is 4.01. The van der Waals surface area contributed by atoms with Crippen LogP contribution in [0.3, 0.4) is 0 Å². The number of ether oxygens (including phenoxy) is 1. The molecule has 0 N–H and O–H groups in total. The van der Waals surface area contributed by atoms with Crippen LogP contribution >= 0.6 is 15.9 Å². The van der Waals surface area contributed by atoms with Gasteiger partial charge in [-0.05, 0) is 22.0 Å². The molecule has 2 aromatic heterocycles. The minimum absolute atomic E-state index is 0.815. The second-order valence-corrected chi connectivity index (χ2v) is 3.24. The molecule has 62 valence electrons. The van der Waals surface area contributed by atoms with Gasteiger partial charge in [0.1, 0.15) is 5.52 Å². The van der Waals surface area contributed by atoms with Crippen LogP contribution in [-0.4, -0.2) is 16.5 Å². The van der Waals surface area contributed by atoms with Crippen LogP contribution in [0, 0.1) is 0 Å². The van der Waals surface area contributed by atoms with Gasteiger partial charge in [0.25, 0.3) is 0 Å². The molecule has 0 fully saturated rings. The van der Waals surface area contributed by atoms with Crippen LogP contribution in [0.5, 0.6) is 5.75 Å². The summed E-state index contributed by atoms with van der Waals surface area (Å²) in [6.07, 6.45) is 5.43. The summed E-state index contributed by atoms with van der Waals surface area (Å²) < 4.78 is 8.06. The van der Waals surface area contributed by atoms with Gasteiger partial charge in [0, 0.05) is 6.20 Å². The summed E-state index contributed by atoms with van der Waals surface area (Å²) >= 11 is 3.40. The highest BCUT2D eigenvalue weighted by molar-refractivity contribution is 9.10. The second kappa shape index (κ2) is 2.79. The van der Waals surface area contributed by atoms with Gasteiger partial charge in [-0.25, -0.2) is 4.98 Å². The Hall–Kier alpha value is -1.03. The Bertz CT molecular complexity index is 410. The van der Waals surface area contributed by atoms with Crippen molar-refractivity contribution < 1.29 is 4.74 Å². The molecule has 0 aliphatic rings. The Kier molecular flexibility index (Phi) is 1.77. The Balaban J connectivity index is 2.83. The van der Waals surface area contributed by atoms with E-state index in [2.05, 4.69) is 20.9 Å². The third-order valence-corrected chi connectivity index (χ3v) is 2.33. The van der Waals surface area contributed by atoms with Crippen LogP contribution in [-0.2, 0) is 0 Å². The Morgan fingerprint density at radius 3 is 3.17 bits per heavy atom. The van der Waals surface area contributed by atoms with Crippen molar-refractivity contribution in [3.63, 3.8) is 0 Å². The molecule has 2 aromatic rings. The maximum absolute atomic E-state index is 5.21. The lowest BCUT2D eigenvalue weighted by molar-refractivity contribution is 0.415. The fourth-order valence-corrected chi connectivity index (χ4v) is 1.63. The lowest BCUT2D eigenvalue weighted by Crippen LogP contribution is -1.89. The topological polar surface area (TPSA) is 26.5 Å². The zero-order chi connectivity index (χ0) is 8.55. The highest BCUT2D eigenvalue weighted by atomic mass is 79.9. The average molecular weight is 227 g/mol. The second-order valence-electron chi connectivity index (χ2n) is 2.38. The molecule has 0 aliphatic heterocycles. The largest absolute Gasteiger partial charge is 0.493 e. The molecule has 2 rings (SSSR count). The SMILES string of the molecule is COc1c(Br)ccn2cncc12. The Morgan fingerprint density at radius 1 is 1.58 bits per heavy atom. The van der Waals surface area contributed by atoms with Crippen LogP contribution < -0.4 is 4.74 Å². The number of fused-ring (bicyclic) bond motifs is 1. The highest BCUT2D eigenvalue weighted by Gasteiger charge is 2.05. The summed E-state index contributed by atoms with van der Waals surface area (Å²) in [6.45, 7) is 0. The van der Waals surface area contributed by atoms with E-state index in [0.29, 0.717) is 0 Å². The van der Waals surface area contributed by atoms with Crippen LogP contribution in [0.1, 0.15) is 0 Å². The van der Waals surface area contributed by atoms with Crippen molar-refractivity contribution in [2.45, 2.75) is 0 Å². The molecule has 0 bridgehead atoms. The molecule has 2 heterocycles. The van der Waals surface area contributed by atoms with Crippen molar-refractivity contribution >= 4 is 21.4 Å². The minimum Gasteiger partial charge on any atom is -0.493 e. The highest BCUT2D eigenvalue weighted by Crippen LogP contribution is 2.28. The first-order valence-corrected chi connectivity index (χ1v) is 4.26. The third-order valence-electron chi connectivity index (χ3n) is 1.70. The molecule has 3 nitrogen and oxygen atoms in total. The average Bonchev–Trinajstić information content (AvgIpc) is 2.52. The van der Waals surface area contributed by atoms with Gasteiger partial charge in [-0.2, -0.15) is 0 Å². The van der Waals surface area contributed by atoms with E-state index >= 15 is 0 Å². The molecule has 0 radical (unpaired) electrons. The standard InChI is InChI=1S/C8H7BrN2O/c1-12-8-6(9)2-3-11-5-10-4-7(8)11/h2-5H,1H3. The molecule has 0 spiro atoms. The minimum atomic E-state index is 0.815. The fourth-order valence-electron chi connectivity index (χ4n) is 1.15. The number of rotatable bonds is 1. The maximum Gasteiger partial charge on any atom is 0.158 e. The lowest BCUT2D eigenvalue weighted by Gasteiger charge is -2.04. The van der Waals surface area contributed by atoms with Crippen molar-refractivity contribution in [3.8, 4) is 5.75 Å². The Morgan fingerprint density at radius 2 is 2.42 bits per heavy atom. The van der Waals surface area contributed by atoms with E-state index in [9.17, 15) is 0 Å². The van der Waals surface area contributed by atoms with Gasteiger partial charge in [0.05, 0.1) is 24.1 Å². The summed E-state index contributed by atoms with van der Waals surface area (Å²) in [7, 11) is 1.65. The van der Waals surface area contributed by atoms with Crippen molar-refractivity contribution in [2.75, 3.05) is 7.11 Å². The quantitative estimate of drug-likeness (QED) is 0.745. The number of hydrogen-bond donors (Lipinski definition) is 0. The number of pyridine rings is 1. The smallest absolute Gasteiger partial charge is 0.158 e. The number of imidazole rings is 1. The Labute approximate surface area is 78.1 Å². The predicted octanol–water partition coefficient (Wildman–Crippen LogP) is 2.11. The first-order valence-electron chi connectivity index (χ1n) is 3.47. The number of nitrogens with zero attached hydrogens (tertiary/aromatic N) is 2. The van der Waals surface area contributed by atoms with Crippen LogP contribution in [0.25, 0.3) is 5.52 Å². The number of halogens is 1. The van der Waals surface area contributed by atoms with E-state index in [-0.39, 0.29) is 0 Å². The van der Waals surface area contributed by atoms with Gasteiger partial charge < -0.3 is 9.14 Å². The third kappa shape index (κ3) is 0.992. The summed E-state index contributed by atoms with van der Waals surface area (Å²) in [5.41, 5.74) is 0.965. The van der Waals surface area contributed by atoms with E-state index in [1.807, 2.05) is 16.7 Å². The van der Waals surface area contributed by atoms with Gasteiger partial charge in [-0.3, -0.25) is 0 Å². The van der Waals surface area contributed by atoms with Gasteiger partial charge in [0.15, 0.2) is 5.75 Å². The van der Waals surface area contributed by atoms with Crippen molar-refractivity contribution in [1.82, 2.24) is 9.38 Å². The molecule has 0 atom stereocenters. The molecule has 4 heteroatoms. The zero-order valence-corrected chi connectivity index (χ0v) is 8.08. The van der Waals surface area contributed by atoms with Crippen LogP contribution in [0.4, 0.5) is 0 Å². The first kappa shape index (κ1) is 7.61. The summed E-state index contributed by atoms with van der Waals surface area (Å²) in [5.74, 6) is 0.815. The molecule has 0 aliphatic carbocycles. The molecular weight excluding hydrogens is 220 g/mol. The van der Waals surface area contributed by atoms with E-state index in [1.165, 1.54) is 0 Å². The maximum atomic E-state index is 5.21.